The summed E-state index contributed by atoms with van der Waals surface area (Å²) in [6.45, 7) is 1.74. The highest BCUT2D eigenvalue weighted by molar-refractivity contribution is 4.78. The van der Waals surface area contributed by atoms with Gasteiger partial charge in [0, 0.05) is 6.54 Å². The third-order valence-electron chi connectivity index (χ3n) is 1.24. The van der Waals surface area contributed by atoms with Crippen LogP contribution in [0.1, 0.15) is 0 Å². The molecule has 1 aromatic heterocycles. The summed E-state index contributed by atoms with van der Waals surface area (Å²) in [4.78, 5) is 1.53. The average molecular weight is 141 g/mol. The predicted octanol–water partition coefficient (Wildman–Crippen LogP) is -2.37. The van der Waals surface area contributed by atoms with Crippen molar-refractivity contribution in [2.75, 3.05) is 18.2 Å². The van der Waals surface area contributed by atoms with Crippen molar-refractivity contribution in [2.45, 2.75) is 0 Å². The van der Waals surface area contributed by atoms with Crippen molar-refractivity contribution >= 4 is 0 Å². The highest BCUT2D eigenvalue weighted by atomic mass is 15.9. The Kier molecular flexibility index (Phi) is 1.22. The van der Waals surface area contributed by atoms with Crippen LogP contribution in [0, 0.1) is 0 Å². The van der Waals surface area contributed by atoms with Gasteiger partial charge in [0.25, 0.3) is 0 Å². The van der Waals surface area contributed by atoms with E-state index in [9.17, 15) is 0 Å². The highest BCUT2D eigenvalue weighted by Crippen LogP contribution is 1.82. The zero-order valence-electron chi connectivity index (χ0n) is 5.23. The van der Waals surface area contributed by atoms with E-state index in [1.807, 2.05) is 0 Å². The fraction of sp³-hybridized carbons (Fsp3) is 0.667. The summed E-state index contributed by atoms with van der Waals surface area (Å²) in [6.07, 6.45) is 1.53. The molecule has 7 nitrogen and oxygen atoms in total. The van der Waals surface area contributed by atoms with Crippen molar-refractivity contribution in [3.8, 4) is 0 Å². The van der Waals surface area contributed by atoms with Crippen LogP contribution in [-0.4, -0.2) is 33.4 Å². The molecular formula is C3H7N7. The van der Waals surface area contributed by atoms with Gasteiger partial charge >= 0.3 is 0 Å². The van der Waals surface area contributed by atoms with Crippen molar-refractivity contribution in [1.82, 2.24) is 31.3 Å². The fourth-order valence-electron chi connectivity index (χ4n) is 0.786. The van der Waals surface area contributed by atoms with E-state index in [4.69, 9.17) is 0 Å². The minimum absolute atomic E-state index is 0.852. The van der Waals surface area contributed by atoms with Gasteiger partial charge in [-0.15, -0.1) is 9.89 Å². The highest BCUT2D eigenvalue weighted by Gasteiger charge is 2.10. The van der Waals surface area contributed by atoms with Crippen molar-refractivity contribution in [3.05, 3.63) is 6.33 Å². The number of hydrogen-bond donors (Lipinski definition) is 2. The van der Waals surface area contributed by atoms with Crippen molar-refractivity contribution in [2.24, 2.45) is 0 Å². The van der Waals surface area contributed by atoms with Gasteiger partial charge in [-0.05, 0) is 10.4 Å². The van der Waals surface area contributed by atoms with Crippen LogP contribution in [0.5, 0.6) is 0 Å². The number of hydrogen-bond acceptors (Lipinski definition) is 6. The van der Waals surface area contributed by atoms with E-state index in [2.05, 4.69) is 26.5 Å². The first-order valence-corrected chi connectivity index (χ1v) is 2.96. The van der Waals surface area contributed by atoms with Gasteiger partial charge in [-0.25, -0.2) is 10.5 Å². The van der Waals surface area contributed by atoms with Gasteiger partial charge in [-0.1, -0.05) is 0 Å². The summed E-state index contributed by atoms with van der Waals surface area (Å²) in [5.41, 5.74) is 5.78. The molecule has 0 bridgehead atoms. The standard InChI is InChI=1S/C3H7N7/c1-2-9(7-4-1)10-3-5-6-8-10/h3-4,7H,1-2H2. The molecule has 1 fully saturated rings. The maximum atomic E-state index is 3.68. The van der Waals surface area contributed by atoms with Crippen LogP contribution < -0.4 is 16.1 Å². The second kappa shape index (κ2) is 2.20. The zero-order valence-corrected chi connectivity index (χ0v) is 5.23. The Morgan fingerprint density at radius 3 is 3.10 bits per heavy atom. The first-order chi connectivity index (χ1) is 4.97. The predicted molar refractivity (Wildman–Crippen MR) is 32.0 cm³/mol. The van der Waals surface area contributed by atoms with Gasteiger partial charge in [0.05, 0.1) is 6.54 Å². The lowest BCUT2D eigenvalue weighted by molar-refractivity contribution is 0.474. The van der Waals surface area contributed by atoms with Crippen LogP contribution in [-0.2, 0) is 0 Å². The number of aromatic nitrogens is 4. The molecule has 0 atom stereocenters. The van der Waals surface area contributed by atoms with Crippen molar-refractivity contribution in [3.63, 3.8) is 0 Å². The third-order valence-corrected chi connectivity index (χ3v) is 1.24. The molecule has 1 saturated heterocycles. The number of nitrogens with one attached hydrogen (secondary N) is 2. The van der Waals surface area contributed by atoms with Gasteiger partial charge in [0.15, 0.2) is 6.33 Å². The molecule has 0 aliphatic carbocycles. The molecule has 0 aromatic carbocycles. The van der Waals surface area contributed by atoms with Crippen LogP contribution in [0.2, 0.25) is 0 Å². The van der Waals surface area contributed by atoms with Gasteiger partial charge in [0.1, 0.15) is 0 Å². The molecule has 0 radical (unpaired) electrons. The van der Waals surface area contributed by atoms with Crippen LogP contribution in [0.25, 0.3) is 0 Å². The van der Waals surface area contributed by atoms with E-state index in [0.717, 1.165) is 13.1 Å². The topological polar surface area (TPSA) is 70.9 Å². The minimum Gasteiger partial charge on any atom is -0.236 e. The van der Waals surface area contributed by atoms with Gasteiger partial charge in [-0.3, -0.25) is 0 Å². The third kappa shape index (κ3) is 0.807. The molecule has 1 aliphatic heterocycles. The number of tetrazole rings is 1. The fourth-order valence-corrected chi connectivity index (χ4v) is 0.786. The average Bonchev–Trinajstić information content (AvgIpc) is 2.59. The van der Waals surface area contributed by atoms with Crippen LogP contribution >= 0.6 is 0 Å². The van der Waals surface area contributed by atoms with E-state index in [-0.39, 0.29) is 0 Å². The Balaban J connectivity index is 2.12. The largest absolute Gasteiger partial charge is 0.236 e. The van der Waals surface area contributed by atoms with Gasteiger partial charge in [-0.2, -0.15) is 5.53 Å². The van der Waals surface area contributed by atoms with E-state index in [1.54, 1.807) is 5.12 Å². The molecule has 1 aromatic rings. The SMILES string of the molecule is c1nnnn1N1CCNN1. The zero-order chi connectivity index (χ0) is 6.81. The monoisotopic (exact) mass is 141 g/mol. The normalized spacial score (nSPS) is 18.2. The van der Waals surface area contributed by atoms with E-state index >= 15 is 0 Å². The maximum absolute atomic E-state index is 3.68. The molecule has 0 saturated carbocycles. The summed E-state index contributed by atoms with van der Waals surface area (Å²) in [6, 6.07) is 0. The lowest BCUT2D eigenvalue weighted by atomic mass is 10.7. The molecule has 0 amide bonds. The summed E-state index contributed by atoms with van der Waals surface area (Å²) in [5, 5.41) is 12.4. The number of nitrogens with zero attached hydrogens (tertiary/aromatic N) is 5. The second-order valence-electron chi connectivity index (χ2n) is 1.89. The Labute approximate surface area is 56.9 Å². The lowest BCUT2D eigenvalue weighted by Gasteiger charge is -2.13. The number of hydrazine groups is 2. The Morgan fingerprint density at radius 2 is 2.50 bits per heavy atom. The summed E-state index contributed by atoms with van der Waals surface area (Å²) in [7, 11) is 0. The molecule has 54 valence electrons. The quantitative estimate of drug-likeness (QED) is 0.455. The Bertz CT molecular complexity index is 187. The van der Waals surface area contributed by atoms with Crippen LogP contribution in [0.15, 0.2) is 6.33 Å². The van der Waals surface area contributed by atoms with Crippen molar-refractivity contribution in [1.29, 1.82) is 0 Å². The first kappa shape index (κ1) is 5.57. The summed E-state index contributed by atoms with van der Waals surface area (Å²) >= 11 is 0. The van der Waals surface area contributed by atoms with Crippen molar-refractivity contribution < 1.29 is 0 Å². The summed E-state index contributed by atoms with van der Waals surface area (Å²) < 4.78 is 0. The van der Waals surface area contributed by atoms with E-state index < -0.39 is 0 Å². The maximum Gasteiger partial charge on any atom is 0.163 e. The molecule has 1 aliphatic rings. The molecular weight excluding hydrogens is 134 g/mol. The molecule has 2 heterocycles. The lowest BCUT2D eigenvalue weighted by Crippen LogP contribution is -2.44. The van der Waals surface area contributed by atoms with E-state index in [0.29, 0.717) is 0 Å². The van der Waals surface area contributed by atoms with Crippen LogP contribution in [0.4, 0.5) is 0 Å². The van der Waals surface area contributed by atoms with Gasteiger partial charge in [0.2, 0.25) is 0 Å². The molecule has 2 rings (SSSR count). The molecule has 2 N–H and O–H groups in total. The van der Waals surface area contributed by atoms with Crippen LogP contribution in [0.3, 0.4) is 0 Å². The minimum atomic E-state index is 0.852. The molecule has 0 spiro atoms. The smallest absolute Gasteiger partial charge is 0.163 e. The molecule has 10 heavy (non-hydrogen) atoms. The molecule has 0 unspecified atom stereocenters. The second-order valence-corrected chi connectivity index (χ2v) is 1.89. The first-order valence-electron chi connectivity index (χ1n) is 2.96. The Hall–Kier alpha value is -1.21. The van der Waals surface area contributed by atoms with Gasteiger partial charge < -0.3 is 0 Å². The molecule has 7 heteroatoms. The number of rotatable bonds is 1. The van der Waals surface area contributed by atoms with E-state index in [1.165, 1.54) is 11.1 Å². The Morgan fingerprint density at radius 1 is 1.50 bits per heavy atom. The summed E-state index contributed by atoms with van der Waals surface area (Å²) in [5.74, 6) is 0.